The van der Waals surface area contributed by atoms with Crippen LogP contribution in [0.2, 0.25) is 0 Å². The van der Waals surface area contributed by atoms with E-state index >= 15 is 0 Å². The van der Waals surface area contributed by atoms with Gasteiger partial charge < -0.3 is 29.4 Å². The SMILES string of the molecule is C=C(C)C(=O)OC(C)COC12c3ccccc3C(OCC(C)OC(=O)C(=C)C)(c3ccccc31)C(C(=O)Nc1ccccc1)C2C(=O)O. The Morgan fingerprint density at radius 3 is 1.44 bits per heavy atom. The summed E-state index contributed by atoms with van der Waals surface area (Å²) in [4.78, 5) is 53.0. The van der Waals surface area contributed by atoms with E-state index in [4.69, 9.17) is 18.9 Å². The Labute approximate surface area is 279 Å². The molecule has 0 fully saturated rings. The fraction of sp³-hybridized carbons (Fsp3) is 0.316. The van der Waals surface area contributed by atoms with Gasteiger partial charge in [0.25, 0.3) is 0 Å². The number of carboxylic acid groups (broad SMARTS) is 1. The van der Waals surface area contributed by atoms with Crippen molar-refractivity contribution in [2.75, 3.05) is 18.5 Å². The van der Waals surface area contributed by atoms with Crippen molar-refractivity contribution in [1.29, 1.82) is 0 Å². The molecule has 250 valence electrons. The first-order valence-electron chi connectivity index (χ1n) is 15.6. The highest BCUT2D eigenvalue weighted by Crippen LogP contribution is 2.65. The summed E-state index contributed by atoms with van der Waals surface area (Å²) in [7, 11) is 0. The molecule has 3 aliphatic rings. The largest absolute Gasteiger partial charge is 0.481 e. The van der Waals surface area contributed by atoms with Gasteiger partial charge in [-0.1, -0.05) is 79.9 Å². The molecule has 0 heterocycles. The Bertz CT molecular complexity index is 1720. The number of ether oxygens (including phenoxy) is 4. The van der Waals surface area contributed by atoms with Gasteiger partial charge in [-0.2, -0.15) is 0 Å². The average Bonchev–Trinajstić information content (AvgIpc) is 3.06. The van der Waals surface area contributed by atoms with Crippen LogP contribution in [0.15, 0.2) is 103 Å². The van der Waals surface area contributed by atoms with E-state index in [2.05, 4.69) is 18.5 Å². The summed E-state index contributed by atoms with van der Waals surface area (Å²) in [6.45, 7) is 13.2. The third-order valence-electron chi connectivity index (χ3n) is 8.66. The fourth-order valence-corrected chi connectivity index (χ4v) is 6.71. The quantitative estimate of drug-likeness (QED) is 0.181. The van der Waals surface area contributed by atoms with Crippen molar-refractivity contribution in [3.05, 3.63) is 125 Å². The third-order valence-corrected chi connectivity index (χ3v) is 8.66. The molecule has 3 aromatic rings. The molecule has 0 radical (unpaired) electrons. The number of fused-ring (bicyclic) bond motifs is 1. The zero-order chi connectivity index (χ0) is 34.8. The van der Waals surface area contributed by atoms with Crippen molar-refractivity contribution in [3.8, 4) is 0 Å². The summed E-state index contributed by atoms with van der Waals surface area (Å²) in [6.07, 6.45) is -1.57. The van der Waals surface area contributed by atoms with Crippen LogP contribution < -0.4 is 5.32 Å². The van der Waals surface area contributed by atoms with Gasteiger partial charge in [-0.15, -0.1) is 0 Å². The Hall–Kier alpha value is -5.06. The zero-order valence-electron chi connectivity index (χ0n) is 27.4. The fourth-order valence-electron chi connectivity index (χ4n) is 6.71. The van der Waals surface area contributed by atoms with Crippen LogP contribution in [0.3, 0.4) is 0 Å². The van der Waals surface area contributed by atoms with Crippen LogP contribution in [-0.2, 0) is 49.3 Å². The number of aliphatic carboxylic acids is 1. The van der Waals surface area contributed by atoms with Gasteiger partial charge in [0.05, 0.1) is 19.1 Å². The van der Waals surface area contributed by atoms with Crippen molar-refractivity contribution in [1.82, 2.24) is 0 Å². The standard InChI is InChI=1S/C38H39NO9/c1-22(2)35(43)47-24(5)20-45-37-27-16-10-12-18-29(27)38(30-19-13-11-17-28(30)37,46-21-25(6)48-36(44)23(3)4)32(34(41)42)31(37)33(40)39-26-14-8-7-9-15-26/h7-19,24-25,31-32H,1,3,20-21H2,2,4-6H3,(H,39,40)(H,41,42). The second-order valence-electron chi connectivity index (χ2n) is 12.3. The Balaban J connectivity index is 1.72. The van der Waals surface area contributed by atoms with E-state index in [1.807, 2.05) is 0 Å². The lowest BCUT2D eigenvalue weighted by Gasteiger charge is -2.60. The maximum atomic E-state index is 14.6. The van der Waals surface area contributed by atoms with Crippen LogP contribution in [0.4, 0.5) is 5.69 Å². The number of carbonyl (C=O) groups excluding carboxylic acids is 3. The number of esters is 2. The summed E-state index contributed by atoms with van der Waals surface area (Å²) in [5.41, 5.74) is -0.441. The minimum Gasteiger partial charge on any atom is -0.481 e. The van der Waals surface area contributed by atoms with E-state index < -0.39 is 59.1 Å². The van der Waals surface area contributed by atoms with Crippen LogP contribution in [-0.4, -0.2) is 54.3 Å². The number of carbonyl (C=O) groups is 4. The molecule has 3 aromatic carbocycles. The smallest absolute Gasteiger partial charge is 0.333 e. The van der Waals surface area contributed by atoms with Gasteiger partial charge in [-0.25, -0.2) is 9.59 Å². The highest BCUT2D eigenvalue weighted by Gasteiger charge is 2.71. The van der Waals surface area contributed by atoms with Crippen LogP contribution in [0.5, 0.6) is 0 Å². The van der Waals surface area contributed by atoms with E-state index in [1.165, 1.54) is 13.8 Å². The predicted molar refractivity (Wildman–Crippen MR) is 177 cm³/mol. The van der Waals surface area contributed by atoms with E-state index in [9.17, 15) is 24.3 Å². The number of amides is 1. The number of para-hydroxylation sites is 1. The van der Waals surface area contributed by atoms with Crippen LogP contribution >= 0.6 is 0 Å². The summed E-state index contributed by atoms with van der Waals surface area (Å²) >= 11 is 0. The first-order chi connectivity index (χ1) is 22.8. The molecule has 0 saturated carbocycles. The molecule has 4 atom stereocenters. The van der Waals surface area contributed by atoms with Gasteiger partial charge >= 0.3 is 17.9 Å². The molecule has 4 unspecified atom stereocenters. The number of benzene rings is 3. The number of carboxylic acids is 1. The normalized spacial score (nSPS) is 23.1. The third kappa shape index (κ3) is 5.93. The van der Waals surface area contributed by atoms with E-state index in [-0.39, 0.29) is 24.4 Å². The number of hydrogen-bond donors (Lipinski definition) is 2. The molecule has 48 heavy (non-hydrogen) atoms. The molecule has 0 aromatic heterocycles. The van der Waals surface area contributed by atoms with Gasteiger partial charge in [-0.3, -0.25) is 9.59 Å². The summed E-state index contributed by atoms with van der Waals surface area (Å²) < 4.78 is 24.5. The lowest BCUT2D eigenvalue weighted by atomic mass is 9.49. The lowest BCUT2D eigenvalue weighted by molar-refractivity contribution is -0.205. The maximum absolute atomic E-state index is 14.6. The highest BCUT2D eigenvalue weighted by molar-refractivity contribution is 5.99. The minimum atomic E-state index is -1.70. The second-order valence-corrected chi connectivity index (χ2v) is 12.3. The topological polar surface area (TPSA) is 137 Å². The van der Waals surface area contributed by atoms with E-state index in [0.717, 1.165) is 0 Å². The first-order valence-corrected chi connectivity index (χ1v) is 15.6. The van der Waals surface area contributed by atoms with Gasteiger partial charge in [0.2, 0.25) is 5.91 Å². The molecule has 1 amide bonds. The number of nitrogens with one attached hydrogen (secondary N) is 1. The molecule has 3 aliphatic carbocycles. The predicted octanol–water partition coefficient (Wildman–Crippen LogP) is 5.51. The first kappa shape index (κ1) is 34.3. The number of anilines is 1. The van der Waals surface area contributed by atoms with Crippen LogP contribution in [0, 0.1) is 11.8 Å². The highest BCUT2D eigenvalue weighted by atomic mass is 16.6. The summed E-state index contributed by atoms with van der Waals surface area (Å²) in [5, 5.41) is 14.0. The maximum Gasteiger partial charge on any atom is 0.333 e. The summed E-state index contributed by atoms with van der Waals surface area (Å²) in [5.74, 6) is -6.04. The monoisotopic (exact) mass is 653 g/mol. The Morgan fingerprint density at radius 1 is 0.688 bits per heavy atom. The van der Waals surface area contributed by atoms with E-state index in [1.54, 1.807) is 92.7 Å². The van der Waals surface area contributed by atoms with Crippen LogP contribution in [0.25, 0.3) is 0 Å². The molecular formula is C38H39NO9. The summed E-state index contributed by atoms with van der Waals surface area (Å²) in [6, 6.07) is 22.9. The number of hydrogen-bond acceptors (Lipinski definition) is 8. The van der Waals surface area contributed by atoms with Crippen molar-refractivity contribution in [2.45, 2.75) is 51.1 Å². The molecule has 2 bridgehead atoms. The molecule has 0 saturated heterocycles. The molecule has 10 nitrogen and oxygen atoms in total. The second kappa shape index (κ2) is 13.6. The van der Waals surface area contributed by atoms with Crippen LogP contribution in [0.1, 0.15) is 49.9 Å². The lowest BCUT2D eigenvalue weighted by Crippen LogP contribution is -2.67. The zero-order valence-corrected chi connectivity index (χ0v) is 27.4. The number of rotatable bonds is 13. The van der Waals surface area contributed by atoms with E-state index in [0.29, 0.717) is 27.9 Å². The molecule has 6 rings (SSSR count). The molecule has 2 N–H and O–H groups in total. The van der Waals surface area contributed by atoms with Crippen molar-refractivity contribution in [3.63, 3.8) is 0 Å². The van der Waals surface area contributed by atoms with Crippen molar-refractivity contribution >= 4 is 29.5 Å². The minimum absolute atomic E-state index is 0.176. The van der Waals surface area contributed by atoms with Gasteiger partial charge in [0.1, 0.15) is 29.3 Å². The molecular weight excluding hydrogens is 614 g/mol. The Kier molecular flexibility index (Phi) is 9.70. The van der Waals surface area contributed by atoms with Crippen molar-refractivity contribution in [2.24, 2.45) is 11.8 Å². The molecule has 0 aliphatic heterocycles. The Morgan fingerprint density at radius 2 is 1.06 bits per heavy atom. The van der Waals surface area contributed by atoms with Gasteiger partial charge in [-0.05, 0) is 62.1 Å². The van der Waals surface area contributed by atoms with Gasteiger partial charge in [0.15, 0.2) is 0 Å². The van der Waals surface area contributed by atoms with Gasteiger partial charge in [0, 0.05) is 16.8 Å². The average molecular weight is 654 g/mol. The molecule has 0 spiro atoms. The molecule has 10 heteroatoms. The van der Waals surface area contributed by atoms with Crippen molar-refractivity contribution < 1.29 is 43.2 Å².